The van der Waals surface area contributed by atoms with Crippen molar-refractivity contribution in [1.82, 2.24) is 39.0 Å². The Kier molecular flexibility index (Phi) is 10.1. The van der Waals surface area contributed by atoms with Gasteiger partial charge in [-0.3, -0.25) is 0 Å². The summed E-state index contributed by atoms with van der Waals surface area (Å²) < 4.78 is 45.0. The first-order valence-electron chi connectivity index (χ1n) is 16.6. The first-order chi connectivity index (χ1) is 24.6. The van der Waals surface area contributed by atoms with Crippen molar-refractivity contribution in [1.29, 1.82) is 0 Å². The number of nitrogens with zero attached hydrogens (tertiary/aromatic N) is 10. The van der Waals surface area contributed by atoms with E-state index in [2.05, 4.69) is 40.6 Å². The third-order valence-electron chi connectivity index (χ3n) is 8.89. The Morgan fingerprint density at radius 1 is 0.961 bits per heavy atom. The van der Waals surface area contributed by atoms with Crippen molar-refractivity contribution >= 4 is 49.9 Å². The zero-order valence-electron chi connectivity index (χ0n) is 29.4. The fraction of sp³-hybridized carbons (Fsp3) is 0.400. The van der Waals surface area contributed by atoms with Crippen LogP contribution in [-0.4, -0.2) is 110 Å². The van der Waals surface area contributed by atoms with Gasteiger partial charge in [0.15, 0.2) is 17.3 Å². The van der Waals surface area contributed by atoms with Gasteiger partial charge >= 0.3 is 0 Å². The van der Waals surface area contributed by atoms with E-state index in [4.69, 9.17) is 29.5 Å². The largest absolute Gasteiger partial charge is 0.497 e. The van der Waals surface area contributed by atoms with Gasteiger partial charge in [0, 0.05) is 50.1 Å². The lowest BCUT2D eigenvalue weighted by molar-refractivity contribution is 0.0903. The van der Waals surface area contributed by atoms with Gasteiger partial charge in [-0.15, -0.1) is 11.3 Å². The van der Waals surface area contributed by atoms with E-state index in [-0.39, 0.29) is 18.8 Å². The molecule has 0 atom stereocenters. The molecule has 0 spiro atoms. The Balaban J connectivity index is 1.36. The number of ether oxygens (including phenoxy) is 2. The van der Waals surface area contributed by atoms with Gasteiger partial charge in [0.05, 0.1) is 37.5 Å². The highest BCUT2D eigenvalue weighted by Crippen LogP contribution is 2.34. The van der Waals surface area contributed by atoms with E-state index in [0.717, 1.165) is 59.9 Å². The molecule has 0 aliphatic carbocycles. The monoisotopic (exact) mass is 736 g/mol. The molecule has 0 unspecified atom stereocenters. The fourth-order valence-electron chi connectivity index (χ4n) is 5.94. The van der Waals surface area contributed by atoms with Gasteiger partial charge in [0.25, 0.3) is 0 Å². The summed E-state index contributed by atoms with van der Waals surface area (Å²) in [5.41, 5.74) is 2.80. The van der Waals surface area contributed by atoms with E-state index in [9.17, 15) is 4.39 Å². The second-order valence-corrected chi connectivity index (χ2v) is 19.0. The summed E-state index contributed by atoms with van der Waals surface area (Å²) in [4.78, 5) is 26.0. The number of thiazole rings is 1. The molecule has 5 heterocycles. The molecule has 1 fully saturated rings. The molecule has 6 aromatic rings. The van der Waals surface area contributed by atoms with E-state index in [1.807, 2.05) is 39.1 Å². The normalized spacial score (nSPS) is 14.5. The number of fused-ring (bicyclic) bond motifs is 2. The zero-order chi connectivity index (χ0) is 35.7. The van der Waals surface area contributed by atoms with Crippen molar-refractivity contribution < 1.29 is 18.3 Å². The molecule has 1 aliphatic heterocycles. The number of rotatable bonds is 13. The summed E-state index contributed by atoms with van der Waals surface area (Å²) in [6.07, 6.45) is 10.2. The van der Waals surface area contributed by atoms with Crippen LogP contribution in [0.15, 0.2) is 54.2 Å². The molecule has 0 saturated carbocycles. The Morgan fingerprint density at radius 3 is 2.45 bits per heavy atom. The Bertz CT molecular complexity index is 2110. The molecular weight excluding hydrogens is 695 g/mol. The van der Waals surface area contributed by atoms with Crippen LogP contribution in [-0.2, 0) is 24.6 Å². The zero-order valence-corrected chi connectivity index (χ0v) is 31.1. The molecule has 16 heteroatoms. The van der Waals surface area contributed by atoms with Gasteiger partial charge in [-0.25, -0.2) is 28.8 Å². The summed E-state index contributed by atoms with van der Waals surface area (Å²) in [6, 6.07) is 10.5. The lowest BCUT2D eigenvalue weighted by Crippen LogP contribution is -2.45. The van der Waals surface area contributed by atoms with E-state index in [1.54, 1.807) is 30.1 Å². The van der Waals surface area contributed by atoms with Gasteiger partial charge in [-0.05, 0) is 55.6 Å². The van der Waals surface area contributed by atoms with Crippen molar-refractivity contribution in [3.8, 4) is 16.3 Å². The number of aromatic nitrogens is 7. The molecule has 7 rings (SSSR count). The van der Waals surface area contributed by atoms with Crippen LogP contribution in [0.1, 0.15) is 11.4 Å². The first-order valence-corrected chi connectivity index (χ1v) is 20.5. The van der Waals surface area contributed by atoms with E-state index in [1.165, 1.54) is 11.3 Å². The first kappa shape index (κ1) is 35.0. The van der Waals surface area contributed by atoms with Crippen LogP contribution in [0.5, 0.6) is 5.75 Å². The van der Waals surface area contributed by atoms with Gasteiger partial charge in [0.1, 0.15) is 28.8 Å². The van der Waals surface area contributed by atoms with Crippen LogP contribution >= 0.6 is 21.4 Å². The maximum Gasteiger partial charge on any atom is 0.232 e. The van der Waals surface area contributed by atoms with Gasteiger partial charge in [-0.1, -0.05) is 12.1 Å². The maximum atomic E-state index is 15.3. The van der Waals surface area contributed by atoms with Crippen LogP contribution in [0.4, 0.5) is 20.7 Å². The van der Waals surface area contributed by atoms with Crippen LogP contribution < -0.4 is 14.5 Å². The van der Waals surface area contributed by atoms with Gasteiger partial charge < -0.3 is 28.7 Å². The summed E-state index contributed by atoms with van der Waals surface area (Å²) in [5, 5.41) is 7.52. The van der Waals surface area contributed by atoms with E-state index in [0.29, 0.717) is 42.0 Å². The summed E-state index contributed by atoms with van der Waals surface area (Å²) in [6.45, 7) is 4.51. The molecule has 0 N–H and O–H groups in total. The Hall–Kier alpha value is -4.38. The number of anilines is 2. The molecule has 4 aromatic heterocycles. The minimum absolute atomic E-state index is 0.0458. The van der Waals surface area contributed by atoms with Crippen molar-refractivity contribution in [3.63, 3.8) is 0 Å². The fourth-order valence-corrected chi connectivity index (χ4v) is 7.20. The number of hydrogen-bond acceptors (Lipinski definition) is 11. The summed E-state index contributed by atoms with van der Waals surface area (Å²) in [7, 11) is 2.95. The molecular formula is C35H42F2N10O2S2. The maximum absolute atomic E-state index is 15.3. The third kappa shape index (κ3) is 7.64. The highest BCUT2D eigenvalue weighted by molar-refractivity contribution is 8.32. The molecule has 270 valence electrons. The number of piperazine rings is 1. The molecule has 0 amide bonds. The predicted molar refractivity (Wildman–Crippen MR) is 200 cm³/mol. The number of benzene rings is 2. The topological polar surface area (TPSA) is 102 Å². The van der Waals surface area contributed by atoms with Crippen LogP contribution in [0, 0.1) is 11.6 Å². The van der Waals surface area contributed by atoms with Gasteiger partial charge in [-0.2, -0.15) is 19.6 Å². The summed E-state index contributed by atoms with van der Waals surface area (Å²) >= 11 is 1.52. The van der Waals surface area contributed by atoms with Crippen molar-refractivity contribution in [3.05, 3.63) is 77.2 Å². The lowest BCUT2D eigenvalue weighted by atomic mass is 10.2. The van der Waals surface area contributed by atoms with Crippen LogP contribution in [0.2, 0.25) is 0 Å². The molecule has 2 aromatic carbocycles. The van der Waals surface area contributed by atoms with Crippen molar-refractivity contribution in [2.75, 3.05) is 81.3 Å². The number of halogens is 2. The molecule has 1 saturated heterocycles. The second-order valence-electron chi connectivity index (χ2n) is 13.5. The number of imidazole rings is 1. The highest BCUT2D eigenvalue weighted by atomic mass is 32.3. The molecule has 1 aliphatic rings. The molecule has 51 heavy (non-hydrogen) atoms. The summed E-state index contributed by atoms with van der Waals surface area (Å²) in [5.74, 6) is 1.30. The minimum atomic E-state index is -0.990. The SMILES string of the molecule is COc1ccc(CN(Cc2nc3c(F)c(F)ccc3n2COCCS(C)(C)C)c2nc(N3CCN(C)CC3)nc3c(-c4nccs4)cnn23)cc1. The third-order valence-corrected chi connectivity index (χ3v) is 11.1. The quantitative estimate of drug-likeness (QED) is 0.141. The highest BCUT2D eigenvalue weighted by Gasteiger charge is 2.26. The Morgan fingerprint density at radius 2 is 1.75 bits per heavy atom. The average Bonchev–Trinajstić information content (AvgIpc) is 3.87. The van der Waals surface area contributed by atoms with Crippen molar-refractivity contribution in [2.24, 2.45) is 0 Å². The molecule has 12 nitrogen and oxygen atoms in total. The van der Waals surface area contributed by atoms with E-state index >= 15 is 4.39 Å². The lowest BCUT2D eigenvalue weighted by Gasteiger charge is -2.33. The number of hydrogen-bond donors (Lipinski definition) is 0. The minimum Gasteiger partial charge on any atom is -0.497 e. The molecule has 0 bridgehead atoms. The predicted octanol–water partition coefficient (Wildman–Crippen LogP) is 5.51. The standard InChI is InChI=1S/C35H42F2N10O2S2/c1-43-13-15-44(16-14-43)34-41-32-26(33-38-12-18-50-33)20-39-47(32)35(42-34)45(21-24-6-8-25(48-2)9-7-24)22-29-40-31-28(11-10-27(36)30(31)37)46(29)23-49-17-19-51(3,4)5/h6-12,18,20H,13-17,19,21-23H2,1-5H3. The second kappa shape index (κ2) is 14.7. The smallest absolute Gasteiger partial charge is 0.232 e. The Labute approximate surface area is 301 Å². The van der Waals surface area contributed by atoms with Crippen LogP contribution in [0.25, 0.3) is 27.3 Å². The van der Waals surface area contributed by atoms with Gasteiger partial charge in [0.2, 0.25) is 11.9 Å². The van der Waals surface area contributed by atoms with E-state index < -0.39 is 21.7 Å². The number of likely N-dealkylation sites (N-methyl/N-ethyl adjacent to an activating group) is 1. The average molecular weight is 737 g/mol. The number of methoxy groups -OCH3 is 1. The van der Waals surface area contributed by atoms with Crippen molar-refractivity contribution in [2.45, 2.75) is 19.8 Å². The molecule has 0 radical (unpaired) electrons. The van der Waals surface area contributed by atoms with Crippen LogP contribution in [0.3, 0.4) is 0 Å².